The number of esters is 1. The minimum absolute atomic E-state index is 0.122. The van der Waals surface area contributed by atoms with Crippen molar-refractivity contribution in [2.24, 2.45) is 0 Å². The SMILES string of the molecule is CCCCC[C@H]1OC(C)(C)O[C@H]1[C@@H](O)CC(=O)Oc1ccccc1. The number of aliphatic hydroxyl groups excluding tert-OH is 1. The van der Waals surface area contributed by atoms with Gasteiger partial charge in [0.2, 0.25) is 0 Å². The van der Waals surface area contributed by atoms with Gasteiger partial charge in [0.25, 0.3) is 0 Å². The average molecular weight is 336 g/mol. The lowest BCUT2D eigenvalue weighted by atomic mass is 10.0. The molecule has 3 atom stereocenters. The van der Waals surface area contributed by atoms with Crippen molar-refractivity contribution in [2.75, 3.05) is 0 Å². The Kier molecular flexibility index (Phi) is 6.78. The van der Waals surface area contributed by atoms with Crippen molar-refractivity contribution in [1.82, 2.24) is 0 Å². The van der Waals surface area contributed by atoms with Crippen LogP contribution in [0, 0.1) is 0 Å². The number of aliphatic hydroxyl groups is 1. The smallest absolute Gasteiger partial charge is 0.313 e. The average Bonchev–Trinajstić information content (AvgIpc) is 2.83. The monoisotopic (exact) mass is 336 g/mol. The van der Waals surface area contributed by atoms with E-state index in [0.29, 0.717) is 5.75 Å². The zero-order chi connectivity index (χ0) is 17.6. The molecule has 0 amide bonds. The van der Waals surface area contributed by atoms with E-state index in [2.05, 4.69) is 6.92 Å². The molecule has 0 aliphatic carbocycles. The Morgan fingerprint density at radius 2 is 1.96 bits per heavy atom. The number of carbonyl (C=O) groups is 1. The quantitative estimate of drug-likeness (QED) is 0.447. The molecule has 1 aliphatic rings. The van der Waals surface area contributed by atoms with Crippen molar-refractivity contribution in [1.29, 1.82) is 0 Å². The highest BCUT2D eigenvalue weighted by Gasteiger charge is 2.44. The minimum atomic E-state index is -0.949. The van der Waals surface area contributed by atoms with Gasteiger partial charge >= 0.3 is 5.97 Å². The Bertz CT molecular complexity index is 514. The summed E-state index contributed by atoms with van der Waals surface area (Å²) in [5.74, 6) is -0.751. The number of benzene rings is 1. The summed E-state index contributed by atoms with van der Waals surface area (Å²) in [5, 5.41) is 10.5. The zero-order valence-electron chi connectivity index (χ0n) is 14.7. The lowest BCUT2D eigenvalue weighted by Gasteiger charge is -2.22. The summed E-state index contributed by atoms with van der Waals surface area (Å²) in [6, 6.07) is 8.84. The third-order valence-corrected chi connectivity index (χ3v) is 4.04. The fraction of sp³-hybridized carbons (Fsp3) is 0.632. The van der Waals surface area contributed by atoms with Crippen LogP contribution in [0.25, 0.3) is 0 Å². The molecule has 0 spiro atoms. The van der Waals surface area contributed by atoms with Gasteiger partial charge in [0.05, 0.1) is 18.6 Å². The van der Waals surface area contributed by atoms with E-state index < -0.39 is 24.0 Å². The minimum Gasteiger partial charge on any atom is -0.426 e. The maximum Gasteiger partial charge on any atom is 0.313 e. The number of unbranched alkanes of at least 4 members (excludes halogenated alkanes) is 2. The second kappa shape index (κ2) is 8.60. The molecule has 0 radical (unpaired) electrons. The first-order chi connectivity index (χ1) is 11.4. The van der Waals surface area contributed by atoms with Gasteiger partial charge < -0.3 is 19.3 Å². The highest BCUT2D eigenvalue weighted by Crippen LogP contribution is 2.33. The number of hydrogen-bond donors (Lipinski definition) is 1. The number of para-hydroxylation sites is 1. The van der Waals surface area contributed by atoms with E-state index in [1.54, 1.807) is 24.3 Å². The summed E-state index contributed by atoms with van der Waals surface area (Å²) in [5.41, 5.74) is 0. The molecule has 1 aromatic rings. The summed E-state index contributed by atoms with van der Waals surface area (Å²) in [7, 11) is 0. The zero-order valence-corrected chi connectivity index (χ0v) is 14.7. The maximum absolute atomic E-state index is 12.0. The molecule has 1 N–H and O–H groups in total. The molecule has 0 bridgehead atoms. The van der Waals surface area contributed by atoms with Crippen LogP contribution in [0.4, 0.5) is 0 Å². The van der Waals surface area contributed by atoms with Gasteiger partial charge in [-0.2, -0.15) is 0 Å². The Labute approximate surface area is 143 Å². The van der Waals surface area contributed by atoms with Crippen molar-refractivity contribution in [2.45, 2.75) is 77.0 Å². The van der Waals surface area contributed by atoms with Crippen molar-refractivity contribution in [3.05, 3.63) is 30.3 Å². The summed E-state index contributed by atoms with van der Waals surface area (Å²) < 4.78 is 17.0. The molecule has 1 fully saturated rings. The lowest BCUT2D eigenvalue weighted by molar-refractivity contribution is -0.159. The molecule has 1 aliphatic heterocycles. The number of ether oxygens (including phenoxy) is 3. The third-order valence-electron chi connectivity index (χ3n) is 4.04. The lowest BCUT2D eigenvalue weighted by Crippen LogP contribution is -2.37. The molecular formula is C19H28O5. The van der Waals surface area contributed by atoms with Crippen molar-refractivity contribution in [3.63, 3.8) is 0 Å². The van der Waals surface area contributed by atoms with Gasteiger partial charge in [-0.3, -0.25) is 4.79 Å². The molecule has 0 saturated carbocycles. The van der Waals surface area contributed by atoms with E-state index >= 15 is 0 Å². The predicted molar refractivity (Wildman–Crippen MR) is 90.7 cm³/mol. The van der Waals surface area contributed by atoms with Crippen LogP contribution in [0.15, 0.2) is 30.3 Å². The van der Waals surface area contributed by atoms with E-state index in [4.69, 9.17) is 14.2 Å². The van der Waals surface area contributed by atoms with Crippen LogP contribution in [0.5, 0.6) is 5.75 Å². The fourth-order valence-corrected chi connectivity index (χ4v) is 2.96. The van der Waals surface area contributed by atoms with E-state index in [1.165, 1.54) is 0 Å². The highest BCUT2D eigenvalue weighted by atomic mass is 16.8. The van der Waals surface area contributed by atoms with E-state index in [0.717, 1.165) is 25.7 Å². The van der Waals surface area contributed by atoms with Gasteiger partial charge in [0, 0.05) is 0 Å². The standard InChI is InChI=1S/C19H28O5/c1-4-5-7-12-16-18(24-19(2,3)23-16)15(20)13-17(21)22-14-10-8-6-9-11-14/h6,8-11,15-16,18,20H,4-5,7,12-13H2,1-3H3/t15-,16+,18-/m0/s1. The number of rotatable bonds is 8. The molecule has 0 aromatic heterocycles. The van der Waals surface area contributed by atoms with Crippen molar-refractivity contribution in [3.8, 4) is 5.75 Å². The summed E-state index contributed by atoms with van der Waals surface area (Å²) >= 11 is 0. The van der Waals surface area contributed by atoms with Crippen molar-refractivity contribution < 1.29 is 24.1 Å². The van der Waals surface area contributed by atoms with Crippen LogP contribution in [0.1, 0.15) is 52.9 Å². The molecule has 5 heteroatoms. The molecule has 5 nitrogen and oxygen atoms in total. The molecule has 134 valence electrons. The van der Waals surface area contributed by atoms with E-state index in [1.807, 2.05) is 19.9 Å². The van der Waals surface area contributed by atoms with Gasteiger partial charge in [-0.15, -0.1) is 0 Å². The predicted octanol–water partition coefficient (Wildman–Crippen LogP) is 3.44. The first kappa shape index (κ1) is 18.9. The fourth-order valence-electron chi connectivity index (χ4n) is 2.96. The van der Waals surface area contributed by atoms with Crippen LogP contribution in [-0.4, -0.2) is 35.2 Å². The van der Waals surface area contributed by atoms with Gasteiger partial charge in [-0.1, -0.05) is 44.4 Å². The van der Waals surface area contributed by atoms with Gasteiger partial charge in [0.1, 0.15) is 11.9 Å². The molecule has 1 heterocycles. The third kappa shape index (κ3) is 5.58. The molecule has 24 heavy (non-hydrogen) atoms. The summed E-state index contributed by atoms with van der Waals surface area (Å²) in [4.78, 5) is 12.0. The largest absolute Gasteiger partial charge is 0.426 e. The molecule has 2 rings (SSSR count). The van der Waals surface area contributed by atoms with Gasteiger partial charge in [0.15, 0.2) is 5.79 Å². The van der Waals surface area contributed by atoms with Crippen LogP contribution in [-0.2, 0) is 14.3 Å². The highest BCUT2D eigenvalue weighted by molar-refractivity contribution is 5.72. The topological polar surface area (TPSA) is 65.0 Å². The summed E-state index contributed by atoms with van der Waals surface area (Å²) in [6.45, 7) is 5.80. The molecule has 1 saturated heterocycles. The van der Waals surface area contributed by atoms with Crippen molar-refractivity contribution >= 4 is 5.97 Å². The first-order valence-corrected chi connectivity index (χ1v) is 8.70. The van der Waals surface area contributed by atoms with E-state index in [9.17, 15) is 9.90 Å². The molecule has 1 aromatic carbocycles. The Morgan fingerprint density at radius 1 is 1.25 bits per heavy atom. The second-order valence-corrected chi connectivity index (χ2v) is 6.69. The maximum atomic E-state index is 12.0. The van der Waals surface area contributed by atoms with Gasteiger partial charge in [-0.25, -0.2) is 0 Å². The normalized spacial score (nSPS) is 23.8. The van der Waals surface area contributed by atoms with E-state index in [-0.39, 0.29) is 12.5 Å². The first-order valence-electron chi connectivity index (χ1n) is 8.70. The number of carbonyl (C=O) groups excluding carboxylic acids is 1. The Hall–Kier alpha value is -1.43. The second-order valence-electron chi connectivity index (χ2n) is 6.69. The Balaban J connectivity index is 1.90. The van der Waals surface area contributed by atoms with Gasteiger partial charge in [-0.05, 0) is 32.4 Å². The molecular weight excluding hydrogens is 308 g/mol. The van der Waals surface area contributed by atoms with Crippen LogP contribution < -0.4 is 4.74 Å². The van der Waals surface area contributed by atoms with Crippen LogP contribution >= 0.6 is 0 Å². The summed E-state index contributed by atoms with van der Waals surface area (Å²) in [6.07, 6.45) is 2.27. The Morgan fingerprint density at radius 3 is 2.62 bits per heavy atom. The molecule has 0 unspecified atom stereocenters. The van der Waals surface area contributed by atoms with Crippen LogP contribution in [0.3, 0.4) is 0 Å². The van der Waals surface area contributed by atoms with Crippen LogP contribution in [0.2, 0.25) is 0 Å². The number of hydrogen-bond acceptors (Lipinski definition) is 5.